The summed E-state index contributed by atoms with van der Waals surface area (Å²) in [6.45, 7) is 6.61. The predicted octanol–water partition coefficient (Wildman–Crippen LogP) is 4.28. The molecular weight excluding hydrogens is 306 g/mol. The molecule has 2 rings (SSSR count). The van der Waals surface area contributed by atoms with Gasteiger partial charge in [-0.1, -0.05) is 6.07 Å². The van der Waals surface area contributed by atoms with E-state index in [1.54, 1.807) is 4.68 Å². The third kappa shape index (κ3) is 2.84. The van der Waals surface area contributed by atoms with Crippen molar-refractivity contribution in [2.24, 2.45) is 10.2 Å². The normalized spacial score (nSPS) is 11.4. The maximum atomic E-state index is 5.98. The molecule has 0 spiro atoms. The van der Waals surface area contributed by atoms with Crippen molar-refractivity contribution in [2.45, 2.75) is 27.3 Å². The third-order valence-corrected chi connectivity index (χ3v) is 3.43. The molecule has 0 atom stereocenters. The minimum absolute atomic E-state index is 0.548. The average molecular weight is 322 g/mol. The molecule has 0 radical (unpaired) electrons. The number of aromatic nitrogens is 2. The number of aryl methyl sites for hydroxylation is 3. The summed E-state index contributed by atoms with van der Waals surface area (Å²) >= 11 is 3.47. The first-order chi connectivity index (χ1) is 9.02. The van der Waals surface area contributed by atoms with Crippen molar-refractivity contribution in [2.75, 3.05) is 5.73 Å². The van der Waals surface area contributed by atoms with Crippen LogP contribution in [0.3, 0.4) is 0 Å². The van der Waals surface area contributed by atoms with Crippen LogP contribution in [0.1, 0.15) is 18.2 Å². The number of nitrogens with two attached hydrogens (primary N) is 1. The van der Waals surface area contributed by atoms with Crippen LogP contribution >= 0.6 is 15.9 Å². The second-order valence-electron chi connectivity index (χ2n) is 4.29. The Bertz CT molecular complexity index is 630. The van der Waals surface area contributed by atoms with Gasteiger partial charge < -0.3 is 5.73 Å². The van der Waals surface area contributed by atoms with Crippen LogP contribution in [0.15, 0.2) is 32.9 Å². The summed E-state index contributed by atoms with van der Waals surface area (Å²) in [5.41, 5.74) is 9.33. The fourth-order valence-electron chi connectivity index (χ4n) is 1.75. The molecule has 0 saturated heterocycles. The maximum absolute atomic E-state index is 5.98. The van der Waals surface area contributed by atoms with E-state index in [0.29, 0.717) is 11.5 Å². The van der Waals surface area contributed by atoms with Crippen LogP contribution in [0.4, 0.5) is 17.2 Å². The number of rotatable bonds is 3. The maximum Gasteiger partial charge on any atom is 0.150 e. The van der Waals surface area contributed by atoms with Crippen molar-refractivity contribution in [1.82, 2.24) is 9.78 Å². The first-order valence-corrected chi connectivity index (χ1v) is 6.83. The monoisotopic (exact) mass is 321 g/mol. The van der Waals surface area contributed by atoms with Gasteiger partial charge in [0.25, 0.3) is 0 Å². The van der Waals surface area contributed by atoms with Crippen LogP contribution in [-0.4, -0.2) is 9.78 Å². The Hall–Kier alpha value is -1.69. The average Bonchev–Trinajstić information content (AvgIpc) is 2.64. The summed E-state index contributed by atoms with van der Waals surface area (Å²) in [5.74, 6) is 0.548. The number of halogens is 1. The molecule has 0 saturated carbocycles. The topological polar surface area (TPSA) is 68.6 Å². The van der Waals surface area contributed by atoms with Gasteiger partial charge in [0, 0.05) is 11.0 Å². The van der Waals surface area contributed by atoms with Gasteiger partial charge in [0.15, 0.2) is 5.69 Å². The summed E-state index contributed by atoms with van der Waals surface area (Å²) in [5, 5.41) is 12.8. The van der Waals surface area contributed by atoms with Crippen LogP contribution in [0.2, 0.25) is 0 Å². The lowest BCUT2D eigenvalue weighted by atomic mass is 10.2. The summed E-state index contributed by atoms with van der Waals surface area (Å²) in [4.78, 5) is 0. The molecule has 100 valence electrons. The lowest BCUT2D eigenvalue weighted by Gasteiger charge is -1.99. The molecule has 0 bridgehead atoms. The molecular formula is C13H16BrN5. The van der Waals surface area contributed by atoms with Crippen molar-refractivity contribution in [3.63, 3.8) is 0 Å². The van der Waals surface area contributed by atoms with Gasteiger partial charge in [-0.05, 0) is 54.4 Å². The van der Waals surface area contributed by atoms with E-state index in [2.05, 4.69) is 31.3 Å². The van der Waals surface area contributed by atoms with Gasteiger partial charge >= 0.3 is 0 Å². The SMILES string of the molecule is CCn1nc(C)c(N=Nc2ccc(C)cc2Br)c1N. The van der Waals surface area contributed by atoms with E-state index >= 15 is 0 Å². The molecule has 19 heavy (non-hydrogen) atoms. The Kier molecular flexibility index (Phi) is 3.99. The molecule has 2 N–H and O–H groups in total. The lowest BCUT2D eigenvalue weighted by Crippen LogP contribution is -2.01. The Morgan fingerprint density at radius 1 is 1.32 bits per heavy atom. The summed E-state index contributed by atoms with van der Waals surface area (Å²) in [6.07, 6.45) is 0. The highest BCUT2D eigenvalue weighted by atomic mass is 79.9. The van der Waals surface area contributed by atoms with Gasteiger partial charge in [0.2, 0.25) is 0 Å². The summed E-state index contributed by atoms with van der Waals surface area (Å²) < 4.78 is 2.63. The number of hydrogen-bond acceptors (Lipinski definition) is 4. The number of azo groups is 1. The van der Waals surface area contributed by atoms with Crippen LogP contribution < -0.4 is 5.73 Å². The molecule has 1 heterocycles. The molecule has 0 aliphatic heterocycles. The smallest absolute Gasteiger partial charge is 0.150 e. The quantitative estimate of drug-likeness (QED) is 0.857. The standard InChI is InChI=1S/C13H16BrN5/c1-4-19-13(15)12(9(3)18-19)17-16-11-6-5-8(2)7-10(11)14/h5-7H,4,15H2,1-3H3. The molecule has 5 nitrogen and oxygen atoms in total. The molecule has 2 aromatic rings. The van der Waals surface area contributed by atoms with Crippen molar-refractivity contribution < 1.29 is 0 Å². The van der Waals surface area contributed by atoms with E-state index in [0.717, 1.165) is 22.4 Å². The molecule has 0 fully saturated rings. The second kappa shape index (κ2) is 5.52. The van der Waals surface area contributed by atoms with Crippen LogP contribution in [0.5, 0.6) is 0 Å². The first kappa shape index (κ1) is 13.7. The van der Waals surface area contributed by atoms with E-state index in [1.807, 2.05) is 39.0 Å². The summed E-state index contributed by atoms with van der Waals surface area (Å²) in [7, 11) is 0. The van der Waals surface area contributed by atoms with Gasteiger partial charge in [0.1, 0.15) is 5.82 Å². The van der Waals surface area contributed by atoms with E-state index in [1.165, 1.54) is 5.56 Å². The van der Waals surface area contributed by atoms with E-state index < -0.39 is 0 Å². The Morgan fingerprint density at radius 3 is 2.63 bits per heavy atom. The Labute approximate surface area is 120 Å². The Balaban J connectivity index is 2.35. The van der Waals surface area contributed by atoms with Crippen molar-refractivity contribution >= 4 is 33.1 Å². The molecule has 0 unspecified atom stereocenters. The number of hydrogen-bond donors (Lipinski definition) is 1. The van der Waals surface area contributed by atoms with Gasteiger partial charge in [-0.25, -0.2) is 4.68 Å². The third-order valence-electron chi connectivity index (χ3n) is 2.79. The Morgan fingerprint density at radius 2 is 2.05 bits per heavy atom. The summed E-state index contributed by atoms with van der Waals surface area (Å²) in [6, 6.07) is 5.91. The van der Waals surface area contributed by atoms with Crippen LogP contribution in [0.25, 0.3) is 0 Å². The lowest BCUT2D eigenvalue weighted by molar-refractivity contribution is 0.663. The van der Waals surface area contributed by atoms with Crippen molar-refractivity contribution in [3.05, 3.63) is 33.9 Å². The van der Waals surface area contributed by atoms with Crippen LogP contribution in [0, 0.1) is 13.8 Å². The number of benzene rings is 1. The molecule has 1 aromatic carbocycles. The van der Waals surface area contributed by atoms with Crippen molar-refractivity contribution in [1.29, 1.82) is 0 Å². The van der Waals surface area contributed by atoms with E-state index in [-0.39, 0.29) is 0 Å². The zero-order chi connectivity index (χ0) is 14.0. The molecule has 0 amide bonds. The van der Waals surface area contributed by atoms with Crippen molar-refractivity contribution in [3.8, 4) is 0 Å². The number of nitrogens with zero attached hydrogens (tertiary/aromatic N) is 4. The van der Waals surface area contributed by atoms with Gasteiger partial charge in [0.05, 0.1) is 11.4 Å². The van der Waals surface area contributed by atoms with E-state index in [4.69, 9.17) is 5.73 Å². The molecule has 0 aliphatic carbocycles. The number of nitrogen functional groups attached to an aromatic ring is 1. The minimum atomic E-state index is 0.548. The zero-order valence-corrected chi connectivity index (χ0v) is 12.8. The fraction of sp³-hybridized carbons (Fsp3) is 0.308. The fourth-order valence-corrected chi connectivity index (χ4v) is 2.32. The van der Waals surface area contributed by atoms with Gasteiger partial charge in [-0.3, -0.25) is 0 Å². The van der Waals surface area contributed by atoms with Crippen LogP contribution in [-0.2, 0) is 6.54 Å². The first-order valence-electron chi connectivity index (χ1n) is 6.03. The van der Waals surface area contributed by atoms with Gasteiger partial charge in [-0.2, -0.15) is 5.10 Å². The molecule has 0 aliphatic rings. The zero-order valence-electron chi connectivity index (χ0n) is 11.2. The predicted molar refractivity (Wildman–Crippen MR) is 80.1 cm³/mol. The molecule has 1 aromatic heterocycles. The van der Waals surface area contributed by atoms with E-state index in [9.17, 15) is 0 Å². The second-order valence-corrected chi connectivity index (χ2v) is 5.14. The highest BCUT2D eigenvalue weighted by molar-refractivity contribution is 9.10. The van der Waals surface area contributed by atoms with Gasteiger partial charge in [-0.15, -0.1) is 10.2 Å². The molecule has 6 heteroatoms. The minimum Gasteiger partial charge on any atom is -0.382 e. The number of anilines is 1. The highest BCUT2D eigenvalue weighted by Crippen LogP contribution is 2.31. The highest BCUT2D eigenvalue weighted by Gasteiger charge is 2.10. The largest absolute Gasteiger partial charge is 0.382 e.